The number of alkyl halides is 3. The van der Waals surface area contributed by atoms with Crippen LogP contribution < -0.4 is 5.32 Å². The molecule has 2 aromatic rings. The zero-order valence-electron chi connectivity index (χ0n) is 17.4. The second-order valence-corrected chi connectivity index (χ2v) is 10.4. The molecule has 2 atom stereocenters. The van der Waals surface area contributed by atoms with Crippen molar-refractivity contribution in [2.24, 2.45) is 10.3 Å². The van der Waals surface area contributed by atoms with Crippen LogP contribution in [0.1, 0.15) is 27.0 Å². The van der Waals surface area contributed by atoms with Crippen molar-refractivity contribution < 1.29 is 27.0 Å². The minimum Gasteiger partial charge on any atom is -0.371 e. The van der Waals surface area contributed by atoms with E-state index in [0.29, 0.717) is 17.1 Å². The summed E-state index contributed by atoms with van der Waals surface area (Å²) in [6.45, 7) is 1.59. The number of nitrogens with zero attached hydrogens (tertiary/aromatic N) is 2. The number of rotatable bonds is 5. The molecule has 4 rings (SSSR count). The standard InChI is InChI=1S/C21H16Cl2F3N3O4S/c1-10-4-11(2-3-16(10)19(30)27-15-8-34(32)9-15)17-18(28-31)20(33-29-17,21(24,25)26)12-5-13(22)7-14(23)6-12/h2-7,15,18H,8-9H2,1H3,(H,27,30). The Balaban J connectivity index is 1.69. The van der Waals surface area contributed by atoms with Gasteiger partial charge in [0.2, 0.25) is 0 Å². The number of aryl methyl sites for hydroxylation is 1. The molecule has 0 spiro atoms. The Bertz CT molecular complexity index is 1210. The van der Waals surface area contributed by atoms with Crippen LogP contribution in [0.3, 0.4) is 0 Å². The van der Waals surface area contributed by atoms with E-state index in [0.717, 1.165) is 12.1 Å². The molecule has 2 aliphatic rings. The molecule has 1 saturated heterocycles. The normalized spacial score (nSPS) is 26.3. The van der Waals surface area contributed by atoms with E-state index in [9.17, 15) is 27.1 Å². The van der Waals surface area contributed by atoms with E-state index in [1.54, 1.807) is 6.92 Å². The van der Waals surface area contributed by atoms with E-state index in [-0.39, 0.29) is 32.9 Å². The summed E-state index contributed by atoms with van der Waals surface area (Å²) in [6.07, 6.45) is -5.11. The first-order valence-electron chi connectivity index (χ1n) is 9.85. The topological polar surface area (TPSA) is 97.2 Å². The first-order valence-corrected chi connectivity index (χ1v) is 12.1. The van der Waals surface area contributed by atoms with Gasteiger partial charge in [0.15, 0.2) is 6.04 Å². The third kappa shape index (κ3) is 4.20. The van der Waals surface area contributed by atoms with Gasteiger partial charge in [-0.1, -0.05) is 39.6 Å². The highest BCUT2D eigenvalue weighted by atomic mass is 35.5. The molecule has 1 N–H and O–H groups in total. The quantitative estimate of drug-likeness (QED) is 0.572. The molecule has 2 heterocycles. The monoisotopic (exact) mass is 533 g/mol. The van der Waals surface area contributed by atoms with E-state index in [2.05, 4.69) is 15.6 Å². The molecular formula is C21H16Cl2F3N3O4S. The van der Waals surface area contributed by atoms with Gasteiger partial charge in [0, 0.05) is 49.0 Å². The molecule has 0 aromatic heterocycles. The van der Waals surface area contributed by atoms with Gasteiger partial charge in [-0.05, 0) is 42.8 Å². The number of hydrogen-bond acceptors (Lipinski definition) is 6. The maximum absolute atomic E-state index is 14.4. The van der Waals surface area contributed by atoms with E-state index < -0.39 is 40.1 Å². The molecule has 1 amide bonds. The lowest BCUT2D eigenvalue weighted by Gasteiger charge is -2.32. The van der Waals surface area contributed by atoms with Gasteiger partial charge in [-0.15, -0.1) is 4.91 Å². The molecular weight excluding hydrogens is 518 g/mol. The Morgan fingerprint density at radius 2 is 1.85 bits per heavy atom. The molecule has 180 valence electrons. The molecule has 7 nitrogen and oxygen atoms in total. The molecule has 2 aromatic carbocycles. The number of benzene rings is 2. The zero-order chi connectivity index (χ0) is 24.8. The van der Waals surface area contributed by atoms with Crippen LogP contribution in [0.5, 0.6) is 0 Å². The summed E-state index contributed by atoms with van der Waals surface area (Å²) in [5, 5.41) is 8.90. The second-order valence-electron chi connectivity index (χ2n) is 7.94. The van der Waals surface area contributed by atoms with Crippen LogP contribution in [-0.2, 0) is 21.2 Å². The predicted molar refractivity (Wildman–Crippen MR) is 122 cm³/mol. The third-order valence-electron chi connectivity index (χ3n) is 5.63. The van der Waals surface area contributed by atoms with Gasteiger partial charge in [0.05, 0.1) is 6.04 Å². The Hall–Kier alpha value is -2.50. The molecule has 1 fully saturated rings. The predicted octanol–water partition coefficient (Wildman–Crippen LogP) is 4.49. The minimum atomic E-state index is -5.11. The van der Waals surface area contributed by atoms with Crippen molar-refractivity contribution in [3.8, 4) is 0 Å². The summed E-state index contributed by atoms with van der Waals surface area (Å²) in [5.74, 6) is 0.339. The van der Waals surface area contributed by atoms with Crippen LogP contribution in [0, 0.1) is 11.8 Å². The van der Waals surface area contributed by atoms with Gasteiger partial charge in [-0.25, -0.2) is 0 Å². The van der Waals surface area contributed by atoms with Gasteiger partial charge < -0.3 is 10.2 Å². The Morgan fingerprint density at radius 1 is 1.21 bits per heavy atom. The van der Waals surface area contributed by atoms with Gasteiger partial charge in [-0.3, -0.25) is 9.00 Å². The van der Waals surface area contributed by atoms with Crippen molar-refractivity contribution in [2.75, 3.05) is 11.5 Å². The van der Waals surface area contributed by atoms with E-state index in [1.807, 2.05) is 0 Å². The Morgan fingerprint density at radius 3 is 2.38 bits per heavy atom. The first kappa shape index (κ1) is 24.6. The van der Waals surface area contributed by atoms with Gasteiger partial charge >= 0.3 is 6.18 Å². The fourth-order valence-corrected chi connectivity index (χ4v) is 5.41. The van der Waals surface area contributed by atoms with Crippen LogP contribution in [-0.4, -0.2) is 45.6 Å². The zero-order valence-corrected chi connectivity index (χ0v) is 19.7. The molecule has 0 bridgehead atoms. The van der Waals surface area contributed by atoms with Crippen LogP contribution in [0.15, 0.2) is 46.7 Å². The summed E-state index contributed by atoms with van der Waals surface area (Å²) < 4.78 is 54.3. The summed E-state index contributed by atoms with van der Waals surface area (Å²) in [7, 11) is -0.937. The highest BCUT2D eigenvalue weighted by molar-refractivity contribution is 7.86. The van der Waals surface area contributed by atoms with Crippen molar-refractivity contribution in [3.05, 3.63) is 73.6 Å². The molecule has 2 unspecified atom stereocenters. The van der Waals surface area contributed by atoms with Crippen molar-refractivity contribution in [1.29, 1.82) is 0 Å². The smallest absolute Gasteiger partial charge is 0.371 e. The molecule has 13 heteroatoms. The lowest BCUT2D eigenvalue weighted by atomic mass is 9.82. The number of carbonyl (C=O) groups is 1. The minimum absolute atomic E-state index is 0.0886. The van der Waals surface area contributed by atoms with Crippen LogP contribution in [0.4, 0.5) is 13.2 Å². The van der Waals surface area contributed by atoms with Crippen LogP contribution in [0.2, 0.25) is 10.0 Å². The number of nitrogens with one attached hydrogen (secondary N) is 1. The second kappa shape index (κ2) is 8.94. The third-order valence-corrected chi connectivity index (χ3v) is 7.61. The molecule has 0 saturated carbocycles. The molecule has 0 radical (unpaired) electrons. The number of nitroso groups, excluding NO2 is 1. The summed E-state index contributed by atoms with van der Waals surface area (Å²) in [6, 6.07) is 5.11. The SMILES string of the molecule is Cc1cc(C2=NOC(c3cc(Cl)cc(Cl)c3)(C(F)(F)F)C2N=O)ccc1C(=O)NC1CS(=O)C1. The molecule has 0 aliphatic carbocycles. The van der Waals surface area contributed by atoms with Crippen molar-refractivity contribution in [3.63, 3.8) is 0 Å². The first-order chi connectivity index (χ1) is 16.0. The van der Waals surface area contributed by atoms with Gasteiger partial charge in [-0.2, -0.15) is 13.2 Å². The fourth-order valence-electron chi connectivity index (χ4n) is 3.92. The number of hydrogen-bond donors (Lipinski definition) is 1. The number of carbonyl (C=O) groups excluding carboxylic acids is 1. The lowest BCUT2D eigenvalue weighted by Crippen LogP contribution is -2.51. The summed E-state index contributed by atoms with van der Waals surface area (Å²) >= 11 is 11.8. The van der Waals surface area contributed by atoms with Crippen LogP contribution in [0.25, 0.3) is 0 Å². The summed E-state index contributed by atoms with van der Waals surface area (Å²) in [4.78, 5) is 29.2. The van der Waals surface area contributed by atoms with E-state index >= 15 is 0 Å². The van der Waals surface area contributed by atoms with Crippen molar-refractivity contribution >= 4 is 45.6 Å². The van der Waals surface area contributed by atoms with Gasteiger partial charge in [0.1, 0.15) is 5.71 Å². The number of halogens is 5. The Kier molecular flexibility index (Phi) is 6.47. The Labute approximate surface area is 204 Å². The number of amides is 1. The highest BCUT2D eigenvalue weighted by Gasteiger charge is 2.69. The average Bonchev–Trinajstić information content (AvgIpc) is 3.12. The van der Waals surface area contributed by atoms with Crippen LogP contribution >= 0.6 is 23.2 Å². The maximum atomic E-state index is 14.4. The average molecular weight is 534 g/mol. The van der Waals surface area contributed by atoms with Gasteiger partial charge in [0.25, 0.3) is 11.5 Å². The van der Waals surface area contributed by atoms with Crippen molar-refractivity contribution in [2.45, 2.75) is 30.8 Å². The number of oxime groups is 1. The highest BCUT2D eigenvalue weighted by Crippen LogP contribution is 2.51. The summed E-state index contributed by atoms with van der Waals surface area (Å²) in [5.41, 5.74) is -3.28. The van der Waals surface area contributed by atoms with E-state index in [4.69, 9.17) is 28.0 Å². The largest absolute Gasteiger partial charge is 0.438 e. The fraction of sp³-hybridized carbons (Fsp3) is 0.333. The molecule has 2 aliphatic heterocycles. The molecule has 34 heavy (non-hydrogen) atoms. The maximum Gasteiger partial charge on any atom is 0.438 e. The van der Waals surface area contributed by atoms with Crippen molar-refractivity contribution in [1.82, 2.24) is 5.32 Å². The lowest BCUT2D eigenvalue weighted by molar-refractivity contribution is -0.279. The van der Waals surface area contributed by atoms with E-state index in [1.165, 1.54) is 24.3 Å².